The normalized spacial score (nSPS) is 15.3. The van der Waals surface area contributed by atoms with E-state index in [1.165, 1.54) is 43.5 Å². The van der Waals surface area contributed by atoms with E-state index in [-0.39, 0.29) is 16.1 Å². The predicted octanol–water partition coefficient (Wildman–Crippen LogP) is 3.43. The highest BCUT2D eigenvalue weighted by Crippen LogP contribution is 2.29. The molecule has 2 aromatic rings. The van der Waals surface area contributed by atoms with E-state index in [9.17, 15) is 18.3 Å². The number of carbonyl (C=O) groups is 1. The summed E-state index contributed by atoms with van der Waals surface area (Å²) in [5, 5.41) is 9.60. The summed E-state index contributed by atoms with van der Waals surface area (Å²) < 4.78 is 32.7. The Morgan fingerprint density at radius 1 is 1.14 bits per heavy atom. The summed E-state index contributed by atoms with van der Waals surface area (Å²) in [6.45, 7) is 3.92. The minimum absolute atomic E-state index is 0.0266. The Kier molecular flexibility index (Phi) is 5.79. The number of nitrogens with one attached hydrogen (secondary N) is 1. The van der Waals surface area contributed by atoms with Crippen molar-refractivity contribution in [2.24, 2.45) is 5.92 Å². The number of sulfonamides is 1. The smallest absolute Gasteiger partial charge is 0.337 e. The van der Waals surface area contributed by atoms with E-state index in [1.54, 1.807) is 6.07 Å². The van der Waals surface area contributed by atoms with Crippen LogP contribution in [-0.2, 0) is 10.0 Å². The molecule has 0 aromatic heterocycles. The van der Waals surface area contributed by atoms with Crippen molar-refractivity contribution < 1.29 is 23.1 Å². The summed E-state index contributed by atoms with van der Waals surface area (Å²) in [6, 6.07) is 10.7. The van der Waals surface area contributed by atoms with Crippen LogP contribution in [0.25, 0.3) is 0 Å². The SMILES string of the molecule is COc1ccc(S(=O)(=O)Nc2ccc(N3CCC(C)CC3)cc2C(=O)O)cc1. The molecule has 3 rings (SSSR count). The molecule has 2 aromatic carbocycles. The number of nitrogens with zero attached hydrogens (tertiary/aromatic N) is 1. The lowest BCUT2D eigenvalue weighted by Crippen LogP contribution is -2.32. The lowest BCUT2D eigenvalue weighted by molar-refractivity contribution is 0.0698. The fourth-order valence-electron chi connectivity index (χ4n) is 3.22. The van der Waals surface area contributed by atoms with Crippen molar-refractivity contribution in [2.75, 3.05) is 29.8 Å². The van der Waals surface area contributed by atoms with Crippen molar-refractivity contribution in [1.29, 1.82) is 0 Å². The van der Waals surface area contributed by atoms with E-state index in [2.05, 4.69) is 16.5 Å². The number of piperidine rings is 1. The summed E-state index contributed by atoms with van der Waals surface area (Å²) in [5.74, 6) is 0.0100. The molecular formula is C20H24N2O5S. The lowest BCUT2D eigenvalue weighted by Gasteiger charge is -2.32. The molecule has 0 atom stereocenters. The zero-order valence-electron chi connectivity index (χ0n) is 15.9. The number of carboxylic acids is 1. The molecule has 28 heavy (non-hydrogen) atoms. The minimum atomic E-state index is -3.92. The van der Waals surface area contributed by atoms with E-state index in [1.807, 2.05) is 0 Å². The zero-order chi connectivity index (χ0) is 20.3. The van der Waals surface area contributed by atoms with Gasteiger partial charge in [-0.2, -0.15) is 0 Å². The van der Waals surface area contributed by atoms with Crippen LogP contribution in [0.15, 0.2) is 47.4 Å². The van der Waals surface area contributed by atoms with Gasteiger partial charge in [0.2, 0.25) is 0 Å². The average Bonchev–Trinajstić information content (AvgIpc) is 2.68. The van der Waals surface area contributed by atoms with Crippen molar-refractivity contribution >= 4 is 27.4 Å². The molecule has 0 radical (unpaired) electrons. The van der Waals surface area contributed by atoms with Crippen LogP contribution in [0.4, 0.5) is 11.4 Å². The van der Waals surface area contributed by atoms with Gasteiger partial charge in [0.05, 0.1) is 23.3 Å². The maximum Gasteiger partial charge on any atom is 0.337 e. The molecule has 150 valence electrons. The summed E-state index contributed by atoms with van der Waals surface area (Å²) in [5.41, 5.74) is 0.752. The number of carboxylic acid groups (broad SMARTS) is 1. The van der Waals surface area contributed by atoms with Crippen LogP contribution < -0.4 is 14.4 Å². The summed E-state index contributed by atoms with van der Waals surface area (Å²) in [7, 11) is -2.43. The largest absolute Gasteiger partial charge is 0.497 e. The number of benzene rings is 2. The maximum atomic E-state index is 12.6. The highest BCUT2D eigenvalue weighted by Gasteiger charge is 2.22. The number of hydrogen-bond donors (Lipinski definition) is 2. The maximum absolute atomic E-state index is 12.6. The number of methoxy groups -OCH3 is 1. The first kappa shape index (κ1) is 20.0. The quantitative estimate of drug-likeness (QED) is 0.766. The third kappa shape index (κ3) is 4.39. The Morgan fingerprint density at radius 3 is 2.36 bits per heavy atom. The average molecular weight is 404 g/mol. The van der Waals surface area contributed by atoms with E-state index < -0.39 is 16.0 Å². The van der Waals surface area contributed by atoms with E-state index in [0.29, 0.717) is 11.7 Å². The van der Waals surface area contributed by atoms with Crippen LogP contribution in [-0.4, -0.2) is 39.7 Å². The van der Waals surface area contributed by atoms with Gasteiger partial charge in [0.25, 0.3) is 10.0 Å². The molecule has 1 saturated heterocycles. The first-order chi connectivity index (χ1) is 13.3. The fraction of sp³-hybridized carbons (Fsp3) is 0.350. The van der Waals surface area contributed by atoms with E-state index >= 15 is 0 Å². The Hall–Kier alpha value is -2.74. The number of aromatic carboxylic acids is 1. The molecule has 7 nitrogen and oxygen atoms in total. The molecule has 0 bridgehead atoms. The number of hydrogen-bond acceptors (Lipinski definition) is 5. The molecule has 1 aliphatic heterocycles. The van der Waals surface area contributed by atoms with Crippen LogP contribution in [0, 0.1) is 5.92 Å². The van der Waals surface area contributed by atoms with Crippen LogP contribution in [0.2, 0.25) is 0 Å². The Labute approximate surface area is 165 Å². The van der Waals surface area contributed by atoms with Gasteiger partial charge in [-0.15, -0.1) is 0 Å². The second-order valence-corrected chi connectivity index (χ2v) is 8.67. The zero-order valence-corrected chi connectivity index (χ0v) is 16.7. The first-order valence-electron chi connectivity index (χ1n) is 9.09. The highest BCUT2D eigenvalue weighted by atomic mass is 32.2. The molecular weight excluding hydrogens is 380 g/mol. The van der Waals surface area contributed by atoms with Gasteiger partial charge in [-0.05, 0) is 61.2 Å². The number of ether oxygens (including phenoxy) is 1. The molecule has 1 heterocycles. The van der Waals surface area contributed by atoms with Crippen LogP contribution >= 0.6 is 0 Å². The topological polar surface area (TPSA) is 95.9 Å². The molecule has 0 amide bonds. The molecule has 1 aliphatic rings. The predicted molar refractivity (Wildman–Crippen MR) is 108 cm³/mol. The van der Waals surface area contributed by atoms with Gasteiger partial charge in [-0.3, -0.25) is 4.72 Å². The molecule has 0 saturated carbocycles. The number of rotatable bonds is 6. The summed E-state index contributed by atoms with van der Waals surface area (Å²) in [6.07, 6.45) is 2.10. The van der Waals surface area contributed by atoms with E-state index in [4.69, 9.17) is 4.74 Å². The Morgan fingerprint density at radius 2 is 1.79 bits per heavy atom. The molecule has 2 N–H and O–H groups in total. The van der Waals surface area contributed by atoms with Crippen molar-refractivity contribution in [3.63, 3.8) is 0 Å². The van der Waals surface area contributed by atoms with Gasteiger partial charge in [-0.25, -0.2) is 13.2 Å². The fourth-order valence-corrected chi connectivity index (χ4v) is 4.30. The Bertz CT molecular complexity index is 949. The Balaban J connectivity index is 1.87. The lowest BCUT2D eigenvalue weighted by atomic mass is 9.98. The van der Waals surface area contributed by atoms with Crippen molar-refractivity contribution in [1.82, 2.24) is 0 Å². The van der Waals surface area contributed by atoms with Gasteiger partial charge in [0.15, 0.2) is 0 Å². The van der Waals surface area contributed by atoms with Crippen molar-refractivity contribution in [3.8, 4) is 5.75 Å². The monoisotopic (exact) mass is 404 g/mol. The standard InChI is InChI=1S/C20H24N2O5S/c1-14-9-11-22(12-10-14)15-3-8-19(18(13-15)20(23)24)21-28(25,26)17-6-4-16(27-2)5-7-17/h3-8,13-14,21H,9-12H2,1-2H3,(H,23,24). The minimum Gasteiger partial charge on any atom is -0.497 e. The van der Waals surface area contributed by atoms with Gasteiger partial charge >= 0.3 is 5.97 Å². The van der Waals surface area contributed by atoms with E-state index in [0.717, 1.165) is 31.6 Å². The molecule has 0 unspecified atom stereocenters. The van der Waals surface area contributed by atoms with Crippen LogP contribution in [0.3, 0.4) is 0 Å². The van der Waals surface area contributed by atoms with Crippen LogP contribution in [0.5, 0.6) is 5.75 Å². The van der Waals surface area contributed by atoms with Gasteiger partial charge in [0.1, 0.15) is 5.75 Å². The number of anilines is 2. The van der Waals surface area contributed by atoms with Gasteiger partial charge in [0, 0.05) is 18.8 Å². The summed E-state index contributed by atoms with van der Waals surface area (Å²) >= 11 is 0. The molecule has 8 heteroatoms. The van der Waals surface area contributed by atoms with Crippen molar-refractivity contribution in [3.05, 3.63) is 48.0 Å². The second-order valence-electron chi connectivity index (χ2n) is 6.99. The first-order valence-corrected chi connectivity index (χ1v) is 10.6. The highest BCUT2D eigenvalue weighted by molar-refractivity contribution is 7.92. The third-order valence-electron chi connectivity index (χ3n) is 5.00. The second kappa shape index (κ2) is 8.10. The molecule has 0 aliphatic carbocycles. The van der Waals surface area contributed by atoms with Gasteiger partial charge < -0.3 is 14.7 Å². The summed E-state index contributed by atoms with van der Waals surface area (Å²) in [4.78, 5) is 13.9. The third-order valence-corrected chi connectivity index (χ3v) is 6.38. The van der Waals surface area contributed by atoms with Gasteiger partial charge in [-0.1, -0.05) is 6.92 Å². The molecule has 1 fully saturated rings. The van der Waals surface area contributed by atoms with Crippen LogP contribution in [0.1, 0.15) is 30.1 Å². The van der Waals surface area contributed by atoms with Crippen molar-refractivity contribution in [2.45, 2.75) is 24.7 Å². The molecule has 0 spiro atoms.